The Morgan fingerprint density at radius 1 is 1.05 bits per heavy atom. The third kappa shape index (κ3) is 9.42. The van der Waals surface area contributed by atoms with Gasteiger partial charge in [0.2, 0.25) is 0 Å². The molecule has 0 amide bonds. The van der Waals surface area contributed by atoms with E-state index < -0.39 is 0 Å². The average Bonchev–Trinajstić information content (AvgIpc) is 2.49. The number of piperidine rings is 1. The van der Waals surface area contributed by atoms with Gasteiger partial charge in [0.25, 0.3) is 0 Å². The molecule has 0 spiro atoms. The van der Waals surface area contributed by atoms with Gasteiger partial charge in [-0.3, -0.25) is 4.90 Å². The summed E-state index contributed by atoms with van der Waals surface area (Å²) >= 11 is 0. The van der Waals surface area contributed by atoms with E-state index in [0.717, 1.165) is 19.7 Å². The number of rotatable bonds is 12. The molecule has 1 saturated heterocycles. The first-order valence-electron chi connectivity index (χ1n) is 8.36. The molecule has 126 valence electrons. The molecule has 1 atom stereocenters. The predicted molar refractivity (Wildman–Crippen MR) is 85.9 cm³/mol. The van der Waals surface area contributed by atoms with E-state index in [1.807, 2.05) is 0 Å². The molecule has 5 heteroatoms. The number of nitrogens with one attached hydrogen (secondary N) is 1. The fraction of sp³-hybridized carbons (Fsp3) is 1.00. The van der Waals surface area contributed by atoms with Crippen molar-refractivity contribution in [1.29, 1.82) is 0 Å². The molecule has 0 aliphatic carbocycles. The highest BCUT2D eigenvalue weighted by Gasteiger charge is 2.18. The van der Waals surface area contributed by atoms with Crippen molar-refractivity contribution in [3.63, 3.8) is 0 Å². The maximum Gasteiger partial charge on any atom is 0.0701 e. The lowest BCUT2D eigenvalue weighted by Crippen LogP contribution is -2.46. The van der Waals surface area contributed by atoms with Gasteiger partial charge in [0.15, 0.2) is 0 Å². The SMILES string of the molecule is COCCOCCOCCN(CC1CCCCN1)C(C)C. The lowest BCUT2D eigenvalue weighted by atomic mass is 10.0. The maximum absolute atomic E-state index is 5.66. The second-order valence-electron chi connectivity index (χ2n) is 5.95. The summed E-state index contributed by atoms with van der Waals surface area (Å²) in [5.41, 5.74) is 0. The van der Waals surface area contributed by atoms with Crippen molar-refractivity contribution >= 4 is 0 Å². The van der Waals surface area contributed by atoms with Gasteiger partial charge in [-0.1, -0.05) is 6.42 Å². The van der Waals surface area contributed by atoms with Gasteiger partial charge < -0.3 is 19.5 Å². The van der Waals surface area contributed by atoms with Crippen LogP contribution in [-0.2, 0) is 14.2 Å². The van der Waals surface area contributed by atoms with Gasteiger partial charge >= 0.3 is 0 Å². The van der Waals surface area contributed by atoms with E-state index in [9.17, 15) is 0 Å². The van der Waals surface area contributed by atoms with E-state index >= 15 is 0 Å². The zero-order valence-corrected chi connectivity index (χ0v) is 14.1. The Balaban J connectivity index is 2.05. The van der Waals surface area contributed by atoms with Crippen LogP contribution in [0.15, 0.2) is 0 Å². The smallest absolute Gasteiger partial charge is 0.0701 e. The molecule has 1 N–H and O–H groups in total. The molecule has 5 nitrogen and oxygen atoms in total. The van der Waals surface area contributed by atoms with Gasteiger partial charge in [-0.2, -0.15) is 0 Å². The standard InChI is InChI=1S/C16H34N2O3/c1-15(2)18(14-16-6-4-5-7-17-16)8-9-20-12-13-21-11-10-19-3/h15-17H,4-14H2,1-3H3. The maximum atomic E-state index is 5.66. The molecule has 21 heavy (non-hydrogen) atoms. The van der Waals surface area contributed by atoms with Crippen molar-refractivity contribution < 1.29 is 14.2 Å². The molecule has 0 bridgehead atoms. The van der Waals surface area contributed by atoms with Crippen LogP contribution in [-0.4, -0.2) is 76.8 Å². The molecular weight excluding hydrogens is 268 g/mol. The lowest BCUT2D eigenvalue weighted by molar-refractivity contribution is 0.0165. The highest BCUT2D eigenvalue weighted by molar-refractivity contribution is 4.77. The number of ether oxygens (including phenoxy) is 3. The number of nitrogens with zero attached hydrogens (tertiary/aromatic N) is 1. The van der Waals surface area contributed by atoms with Crippen LogP contribution >= 0.6 is 0 Å². The molecular formula is C16H34N2O3. The summed E-state index contributed by atoms with van der Waals surface area (Å²) in [7, 11) is 1.68. The molecule has 1 heterocycles. The minimum atomic E-state index is 0.565. The number of hydrogen-bond acceptors (Lipinski definition) is 5. The lowest BCUT2D eigenvalue weighted by Gasteiger charge is -2.33. The van der Waals surface area contributed by atoms with Gasteiger partial charge in [0, 0.05) is 32.3 Å². The summed E-state index contributed by atoms with van der Waals surface area (Å²) in [5.74, 6) is 0. The Morgan fingerprint density at radius 3 is 2.38 bits per heavy atom. The van der Waals surface area contributed by atoms with E-state index in [4.69, 9.17) is 14.2 Å². The summed E-state index contributed by atoms with van der Waals surface area (Å²) in [6.07, 6.45) is 3.99. The van der Waals surface area contributed by atoms with Crippen LogP contribution in [0.25, 0.3) is 0 Å². The monoisotopic (exact) mass is 302 g/mol. The number of hydrogen-bond donors (Lipinski definition) is 1. The van der Waals surface area contributed by atoms with Gasteiger partial charge in [0.1, 0.15) is 0 Å². The predicted octanol–water partition coefficient (Wildman–Crippen LogP) is 1.52. The molecule has 1 aliphatic heterocycles. The van der Waals surface area contributed by atoms with Crippen LogP contribution in [0, 0.1) is 0 Å². The first-order valence-corrected chi connectivity index (χ1v) is 8.36. The van der Waals surface area contributed by atoms with E-state index in [2.05, 4.69) is 24.1 Å². The van der Waals surface area contributed by atoms with Crippen molar-refractivity contribution in [2.24, 2.45) is 0 Å². The molecule has 1 rings (SSSR count). The molecule has 0 aromatic carbocycles. The topological polar surface area (TPSA) is 43.0 Å². The Kier molecular flexibility index (Phi) is 11.1. The van der Waals surface area contributed by atoms with Gasteiger partial charge in [-0.25, -0.2) is 0 Å². The Morgan fingerprint density at radius 2 is 1.76 bits per heavy atom. The minimum Gasteiger partial charge on any atom is -0.382 e. The molecule has 1 fully saturated rings. The fourth-order valence-electron chi connectivity index (χ4n) is 2.57. The van der Waals surface area contributed by atoms with E-state index in [1.165, 1.54) is 25.8 Å². The van der Waals surface area contributed by atoms with Crippen LogP contribution in [0.4, 0.5) is 0 Å². The molecule has 0 radical (unpaired) electrons. The molecule has 0 saturated carbocycles. The van der Waals surface area contributed by atoms with Gasteiger partial charge in [-0.15, -0.1) is 0 Å². The molecule has 1 unspecified atom stereocenters. The summed E-state index contributed by atoms with van der Waals surface area (Å²) in [5, 5.41) is 3.62. The van der Waals surface area contributed by atoms with Crippen LogP contribution in [0.1, 0.15) is 33.1 Å². The normalized spacial score (nSPS) is 19.6. The van der Waals surface area contributed by atoms with Crippen LogP contribution in [0.2, 0.25) is 0 Å². The first kappa shape index (κ1) is 18.8. The quantitative estimate of drug-likeness (QED) is 0.554. The Bertz CT molecular complexity index is 234. The molecule has 0 aromatic rings. The van der Waals surface area contributed by atoms with Crippen LogP contribution in [0.5, 0.6) is 0 Å². The highest BCUT2D eigenvalue weighted by atomic mass is 16.5. The summed E-state index contributed by atoms with van der Waals surface area (Å²) < 4.78 is 16.0. The van der Waals surface area contributed by atoms with Crippen molar-refractivity contribution in [3.05, 3.63) is 0 Å². The van der Waals surface area contributed by atoms with E-state index in [0.29, 0.717) is 38.5 Å². The van der Waals surface area contributed by atoms with E-state index in [1.54, 1.807) is 7.11 Å². The highest BCUT2D eigenvalue weighted by Crippen LogP contribution is 2.10. The summed E-state index contributed by atoms with van der Waals surface area (Å²) in [6, 6.07) is 1.22. The Hall–Kier alpha value is -0.200. The summed E-state index contributed by atoms with van der Waals surface area (Å²) in [4.78, 5) is 2.51. The minimum absolute atomic E-state index is 0.565. The fourth-order valence-corrected chi connectivity index (χ4v) is 2.57. The second kappa shape index (κ2) is 12.4. The largest absolute Gasteiger partial charge is 0.382 e. The zero-order valence-electron chi connectivity index (χ0n) is 14.1. The number of methoxy groups -OCH3 is 1. The van der Waals surface area contributed by atoms with Gasteiger partial charge in [-0.05, 0) is 33.2 Å². The van der Waals surface area contributed by atoms with Crippen molar-refractivity contribution in [3.8, 4) is 0 Å². The third-order valence-electron chi connectivity index (χ3n) is 3.92. The van der Waals surface area contributed by atoms with Crippen LogP contribution in [0.3, 0.4) is 0 Å². The van der Waals surface area contributed by atoms with Crippen LogP contribution < -0.4 is 5.32 Å². The van der Waals surface area contributed by atoms with Crippen molar-refractivity contribution in [2.75, 3.05) is 59.8 Å². The molecule has 1 aliphatic rings. The third-order valence-corrected chi connectivity index (χ3v) is 3.92. The zero-order chi connectivity index (χ0) is 15.3. The van der Waals surface area contributed by atoms with Crippen molar-refractivity contribution in [1.82, 2.24) is 10.2 Å². The second-order valence-corrected chi connectivity index (χ2v) is 5.95. The van der Waals surface area contributed by atoms with Gasteiger partial charge in [0.05, 0.1) is 33.0 Å². The molecule has 0 aromatic heterocycles. The van der Waals surface area contributed by atoms with E-state index in [-0.39, 0.29) is 0 Å². The first-order chi connectivity index (χ1) is 10.2. The average molecular weight is 302 g/mol. The summed E-state index contributed by atoms with van der Waals surface area (Å²) in [6.45, 7) is 11.2. The van der Waals surface area contributed by atoms with Crippen molar-refractivity contribution in [2.45, 2.75) is 45.2 Å². The Labute approximate surface area is 130 Å².